The van der Waals surface area contributed by atoms with Crippen molar-refractivity contribution >= 4 is 15.8 Å². The first-order valence-electron chi connectivity index (χ1n) is 7.65. The van der Waals surface area contributed by atoms with E-state index < -0.39 is 28.2 Å². The second-order valence-corrected chi connectivity index (χ2v) is 7.41. The normalized spacial score (nSPS) is 10.4. The highest BCUT2D eigenvalue weighted by molar-refractivity contribution is 7.90. The molecule has 0 amide bonds. The summed E-state index contributed by atoms with van der Waals surface area (Å²) in [4.78, 5) is 11.9. The van der Waals surface area contributed by atoms with Gasteiger partial charge in [0, 0.05) is 12.3 Å². The molecule has 0 spiro atoms. The van der Waals surface area contributed by atoms with Crippen LogP contribution in [0.2, 0.25) is 0 Å². The maximum atomic E-state index is 13.7. The molecule has 0 fully saturated rings. The Labute approximate surface area is 160 Å². The lowest BCUT2D eigenvalue weighted by Gasteiger charge is -2.14. The molecule has 1 N–H and O–H groups in total. The zero-order valence-corrected chi connectivity index (χ0v) is 15.6. The molecular weight excluding hydrogens is 389 g/mol. The Morgan fingerprint density at radius 1 is 1.29 bits per heavy atom. The van der Waals surface area contributed by atoms with Crippen molar-refractivity contribution < 1.29 is 32.2 Å². The molecule has 2 rings (SSSR count). The molecular formula is C19H14FNO6S. The number of rotatable bonds is 4. The van der Waals surface area contributed by atoms with Crippen molar-refractivity contribution in [2.75, 3.05) is 20.0 Å². The monoisotopic (exact) mass is 403 g/mol. The molecule has 2 aromatic rings. The second kappa shape index (κ2) is 8.53. The lowest BCUT2D eigenvalue weighted by atomic mass is 10.1. The molecule has 0 aliphatic rings. The van der Waals surface area contributed by atoms with Gasteiger partial charge in [0.15, 0.2) is 9.84 Å². The Bertz CT molecular complexity index is 1140. The zero-order chi connectivity index (χ0) is 20.9. The van der Waals surface area contributed by atoms with E-state index in [9.17, 15) is 17.6 Å². The predicted molar refractivity (Wildman–Crippen MR) is 96.0 cm³/mol. The third kappa shape index (κ3) is 4.65. The number of halogens is 1. The van der Waals surface area contributed by atoms with Crippen LogP contribution in [0.5, 0.6) is 11.5 Å². The molecule has 0 aromatic heterocycles. The Morgan fingerprint density at radius 3 is 2.57 bits per heavy atom. The fraction of sp³-hybridized carbons (Fsp3) is 0.158. The van der Waals surface area contributed by atoms with Gasteiger partial charge in [0.1, 0.15) is 23.9 Å². The number of hydrogen-bond acceptors (Lipinski definition) is 7. The van der Waals surface area contributed by atoms with Gasteiger partial charge in [-0.2, -0.15) is 5.26 Å². The summed E-state index contributed by atoms with van der Waals surface area (Å²) in [6.45, 7) is -0.568. The van der Waals surface area contributed by atoms with Gasteiger partial charge in [-0.25, -0.2) is 17.6 Å². The van der Waals surface area contributed by atoms with Crippen LogP contribution in [-0.2, 0) is 14.6 Å². The van der Waals surface area contributed by atoms with E-state index in [4.69, 9.17) is 15.1 Å². The Balaban J connectivity index is 2.76. The highest BCUT2D eigenvalue weighted by Gasteiger charge is 2.26. The number of carbonyl (C=O) groups excluding carboxylic acids is 1. The summed E-state index contributed by atoms with van der Waals surface area (Å²) in [5.74, 6) is 2.94. The summed E-state index contributed by atoms with van der Waals surface area (Å²) < 4.78 is 48.0. The van der Waals surface area contributed by atoms with Crippen molar-refractivity contribution in [1.29, 1.82) is 5.26 Å². The maximum absolute atomic E-state index is 13.7. The van der Waals surface area contributed by atoms with Gasteiger partial charge in [0.25, 0.3) is 0 Å². The highest BCUT2D eigenvalue weighted by atomic mass is 32.2. The van der Waals surface area contributed by atoms with Crippen molar-refractivity contribution in [2.45, 2.75) is 4.90 Å². The largest absolute Gasteiger partial charge is 0.465 e. The zero-order valence-electron chi connectivity index (χ0n) is 14.8. The van der Waals surface area contributed by atoms with Gasteiger partial charge in [0.2, 0.25) is 0 Å². The molecule has 0 heterocycles. The summed E-state index contributed by atoms with van der Waals surface area (Å²) in [6.07, 6.45) is 0.907. The fourth-order valence-corrected chi connectivity index (χ4v) is 3.20. The summed E-state index contributed by atoms with van der Waals surface area (Å²) in [5.41, 5.74) is -0.536. The summed E-state index contributed by atoms with van der Waals surface area (Å²) >= 11 is 0. The SMILES string of the molecule is COC(=O)c1c(S(C)(=O)=O)ccc(Oc2cc(F)cc(C#N)c2)c1C#CCO. The van der Waals surface area contributed by atoms with E-state index in [1.807, 2.05) is 0 Å². The summed E-state index contributed by atoms with van der Waals surface area (Å²) in [6, 6.07) is 7.41. The number of hydrogen-bond donors (Lipinski definition) is 1. The molecule has 0 atom stereocenters. The quantitative estimate of drug-likeness (QED) is 0.614. The number of carbonyl (C=O) groups is 1. The number of benzene rings is 2. The lowest BCUT2D eigenvalue weighted by molar-refractivity contribution is 0.0595. The smallest absolute Gasteiger partial charge is 0.340 e. The molecule has 0 saturated heterocycles. The minimum atomic E-state index is -3.83. The van der Waals surface area contributed by atoms with Gasteiger partial charge in [0.05, 0.1) is 34.8 Å². The van der Waals surface area contributed by atoms with Crippen molar-refractivity contribution in [2.24, 2.45) is 0 Å². The lowest BCUT2D eigenvalue weighted by Crippen LogP contribution is -2.13. The van der Waals surface area contributed by atoms with E-state index in [-0.39, 0.29) is 33.1 Å². The fourth-order valence-electron chi connectivity index (χ4n) is 2.33. The van der Waals surface area contributed by atoms with Gasteiger partial charge in [-0.3, -0.25) is 0 Å². The van der Waals surface area contributed by atoms with Gasteiger partial charge >= 0.3 is 5.97 Å². The summed E-state index contributed by atoms with van der Waals surface area (Å²) in [5, 5.41) is 17.9. The van der Waals surface area contributed by atoms with Crippen LogP contribution in [0.15, 0.2) is 35.2 Å². The predicted octanol–water partition coefficient (Wildman–Crippen LogP) is 2.02. The standard InChI is InChI=1S/C19H14FNO6S/c1-26-19(23)18-15(4-3-7-22)16(5-6-17(18)28(2,24)25)27-14-9-12(11-21)8-13(20)10-14/h5-6,8-10,22H,7H2,1-2H3. The molecule has 0 aliphatic heterocycles. The number of nitriles is 1. The van der Waals surface area contributed by atoms with Crippen LogP contribution in [0.1, 0.15) is 21.5 Å². The van der Waals surface area contributed by atoms with E-state index >= 15 is 0 Å². The molecule has 2 aromatic carbocycles. The van der Waals surface area contributed by atoms with Crippen LogP contribution in [0.25, 0.3) is 0 Å². The number of aliphatic hydroxyl groups excluding tert-OH is 1. The molecule has 7 nitrogen and oxygen atoms in total. The minimum Gasteiger partial charge on any atom is -0.465 e. The summed E-state index contributed by atoms with van der Waals surface area (Å²) in [7, 11) is -2.77. The molecule has 28 heavy (non-hydrogen) atoms. The van der Waals surface area contributed by atoms with Crippen LogP contribution < -0.4 is 4.74 Å². The van der Waals surface area contributed by atoms with Crippen LogP contribution in [0, 0.1) is 29.0 Å². The van der Waals surface area contributed by atoms with Crippen molar-refractivity contribution in [3.63, 3.8) is 0 Å². The van der Waals surface area contributed by atoms with E-state index in [0.29, 0.717) is 0 Å². The van der Waals surface area contributed by atoms with Gasteiger partial charge in [-0.05, 0) is 24.3 Å². The average Bonchev–Trinajstić information content (AvgIpc) is 2.64. The van der Waals surface area contributed by atoms with Crippen LogP contribution in [0.4, 0.5) is 4.39 Å². The number of aliphatic hydroxyl groups is 1. The number of nitrogens with zero attached hydrogens (tertiary/aromatic N) is 1. The third-order valence-corrected chi connectivity index (χ3v) is 4.58. The third-order valence-electron chi connectivity index (χ3n) is 3.44. The van der Waals surface area contributed by atoms with Crippen LogP contribution in [-0.4, -0.2) is 39.5 Å². The number of esters is 1. The Kier molecular flexibility index (Phi) is 6.37. The number of ether oxygens (including phenoxy) is 2. The Hall–Kier alpha value is -3.40. The van der Waals surface area contributed by atoms with E-state index in [1.165, 1.54) is 12.1 Å². The average molecular weight is 403 g/mol. The van der Waals surface area contributed by atoms with Crippen molar-refractivity contribution in [3.8, 4) is 29.4 Å². The molecule has 9 heteroatoms. The first kappa shape index (κ1) is 20.9. The first-order valence-corrected chi connectivity index (χ1v) is 9.54. The van der Waals surface area contributed by atoms with E-state index in [1.54, 1.807) is 6.07 Å². The van der Waals surface area contributed by atoms with Crippen molar-refractivity contribution in [3.05, 3.63) is 52.8 Å². The molecule has 0 unspecified atom stereocenters. The van der Waals surface area contributed by atoms with Gasteiger partial charge < -0.3 is 14.6 Å². The van der Waals surface area contributed by atoms with Crippen molar-refractivity contribution in [1.82, 2.24) is 0 Å². The minimum absolute atomic E-state index is 0.000982. The van der Waals surface area contributed by atoms with E-state index in [0.717, 1.165) is 31.6 Å². The highest BCUT2D eigenvalue weighted by Crippen LogP contribution is 2.32. The molecule has 0 bridgehead atoms. The topological polar surface area (TPSA) is 114 Å². The van der Waals surface area contributed by atoms with Gasteiger partial charge in [-0.1, -0.05) is 11.8 Å². The maximum Gasteiger partial charge on any atom is 0.340 e. The molecule has 0 aliphatic carbocycles. The van der Waals surface area contributed by atoms with E-state index in [2.05, 4.69) is 16.6 Å². The Morgan fingerprint density at radius 2 is 2.00 bits per heavy atom. The molecule has 0 saturated carbocycles. The first-order chi connectivity index (χ1) is 13.2. The number of sulfone groups is 1. The van der Waals surface area contributed by atoms with Crippen LogP contribution in [0.3, 0.4) is 0 Å². The van der Waals surface area contributed by atoms with Crippen LogP contribution >= 0.6 is 0 Å². The number of methoxy groups -OCH3 is 1. The second-order valence-electron chi connectivity index (χ2n) is 5.42. The molecule has 0 radical (unpaired) electrons. The van der Waals surface area contributed by atoms with Gasteiger partial charge in [-0.15, -0.1) is 0 Å². The molecule has 144 valence electrons.